The molecule has 0 saturated carbocycles. The monoisotopic (exact) mass is 238 g/mol. The minimum Gasteiger partial charge on any atom is -0.476 e. The maximum atomic E-state index is 10.9. The highest BCUT2D eigenvalue weighted by molar-refractivity contribution is 7.09. The van der Waals surface area contributed by atoms with Crippen LogP contribution in [0.1, 0.15) is 15.4 Å². The van der Waals surface area contributed by atoms with Crippen LogP contribution in [0.5, 0.6) is 0 Å². The van der Waals surface area contributed by atoms with Crippen molar-refractivity contribution in [2.24, 2.45) is 0 Å². The van der Waals surface area contributed by atoms with Crippen molar-refractivity contribution in [3.63, 3.8) is 0 Å². The first-order valence-electron chi connectivity index (χ1n) is 4.78. The van der Waals surface area contributed by atoms with Crippen molar-refractivity contribution in [1.29, 1.82) is 0 Å². The lowest BCUT2D eigenvalue weighted by Crippen LogP contribution is -2.23. The largest absolute Gasteiger partial charge is 0.476 e. The summed E-state index contributed by atoms with van der Waals surface area (Å²) in [6.45, 7) is 9.28. The number of carboxylic acids is 1. The summed E-state index contributed by atoms with van der Waals surface area (Å²) in [5, 5.41) is 8.91. The zero-order chi connectivity index (χ0) is 12.0. The van der Waals surface area contributed by atoms with Crippen LogP contribution in [0.15, 0.2) is 30.8 Å². The fourth-order valence-electron chi connectivity index (χ4n) is 1.33. The van der Waals surface area contributed by atoms with Crippen molar-refractivity contribution in [1.82, 2.24) is 9.88 Å². The van der Waals surface area contributed by atoms with Gasteiger partial charge >= 0.3 is 5.97 Å². The first-order chi connectivity index (χ1) is 7.69. The van der Waals surface area contributed by atoms with E-state index < -0.39 is 5.97 Å². The van der Waals surface area contributed by atoms with Crippen LogP contribution in [0.25, 0.3) is 0 Å². The highest BCUT2D eigenvalue weighted by Gasteiger charge is 2.15. The smallest absolute Gasteiger partial charge is 0.355 e. The van der Waals surface area contributed by atoms with Gasteiger partial charge in [-0.05, 0) is 0 Å². The number of aromatic nitrogens is 1. The fraction of sp³-hybridized carbons (Fsp3) is 0.273. The normalized spacial score (nSPS) is 10.3. The summed E-state index contributed by atoms with van der Waals surface area (Å²) < 4.78 is 0. The summed E-state index contributed by atoms with van der Waals surface area (Å²) in [5.74, 6) is -0.978. The predicted molar refractivity (Wildman–Crippen MR) is 64.7 cm³/mol. The van der Waals surface area contributed by atoms with E-state index >= 15 is 0 Å². The van der Waals surface area contributed by atoms with Crippen LogP contribution < -0.4 is 0 Å². The zero-order valence-corrected chi connectivity index (χ0v) is 9.74. The van der Waals surface area contributed by atoms with Gasteiger partial charge in [-0.25, -0.2) is 9.78 Å². The Morgan fingerprint density at radius 3 is 2.62 bits per heavy atom. The van der Waals surface area contributed by atoms with Crippen molar-refractivity contribution in [3.05, 3.63) is 41.4 Å². The van der Waals surface area contributed by atoms with Gasteiger partial charge < -0.3 is 5.11 Å². The summed E-state index contributed by atoms with van der Waals surface area (Å²) >= 11 is 1.36. The molecular weight excluding hydrogens is 224 g/mol. The molecule has 1 rings (SSSR count). The Labute approximate surface area is 98.5 Å². The Hall–Kier alpha value is -1.46. The molecule has 86 valence electrons. The van der Waals surface area contributed by atoms with Gasteiger partial charge in [-0.1, -0.05) is 12.2 Å². The van der Waals surface area contributed by atoms with Gasteiger partial charge in [-0.2, -0.15) is 0 Å². The average Bonchev–Trinajstić information content (AvgIpc) is 2.66. The molecule has 0 radical (unpaired) electrons. The van der Waals surface area contributed by atoms with Crippen molar-refractivity contribution in [2.45, 2.75) is 6.54 Å². The standard InChI is InChI=1S/C11H14N2O2S/c1-3-5-13(6-4-2)7-9-10(11(14)15)12-8-16-9/h3-4,8H,1-2,5-7H2,(H,14,15). The number of carboxylic acid groups (broad SMARTS) is 1. The lowest BCUT2D eigenvalue weighted by molar-refractivity contribution is 0.0689. The van der Waals surface area contributed by atoms with Gasteiger partial charge in [0.05, 0.1) is 10.4 Å². The number of thiazole rings is 1. The maximum absolute atomic E-state index is 10.9. The van der Waals surface area contributed by atoms with E-state index in [-0.39, 0.29) is 5.69 Å². The molecule has 16 heavy (non-hydrogen) atoms. The van der Waals surface area contributed by atoms with Crippen LogP contribution in [-0.2, 0) is 6.54 Å². The molecular formula is C11H14N2O2S. The van der Waals surface area contributed by atoms with E-state index in [0.717, 1.165) is 4.88 Å². The van der Waals surface area contributed by atoms with Crippen molar-refractivity contribution in [3.8, 4) is 0 Å². The number of nitrogens with zero attached hydrogens (tertiary/aromatic N) is 2. The second-order valence-corrected chi connectivity index (χ2v) is 4.14. The Morgan fingerprint density at radius 2 is 2.12 bits per heavy atom. The van der Waals surface area contributed by atoms with Crippen molar-refractivity contribution >= 4 is 17.3 Å². The molecule has 1 heterocycles. The second-order valence-electron chi connectivity index (χ2n) is 3.20. The van der Waals surface area contributed by atoms with E-state index in [9.17, 15) is 4.79 Å². The quantitative estimate of drug-likeness (QED) is 0.738. The molecule has 5 heteroatoms. The van der Waals surface area contributed by atoms with Crippen LogP contribution >= 0.6 is 11.3 Å². The highest BCUT2D eigenvalue weighted by atomic mass is 32.1. The third-order valence-electron chi connectivity index (χ3n) is 1.99. The summed E-state index contributed by atoms with van der Waals surface area (Å²) in [7, 11) is 0. The van der Waals surface area contributed by atoms with Crippen LogP contribution in [0.3, 0.4) is 0 Å². The molecule has 0 aromatic carbocycles. The number of rotatable bonds is 7. The van der Waals surface area contributed by atoms with Crippen LogP contribution in [0.4, 0.5) is 0 Å². The van der Waals surface area contributed by atoms with Crippen molar-refractivity contribution in [2.75, 3.05) is 13.1 Å². The SMILES string of the molecule is C=CCN(CC=C)Cc1scnc1C(=O)O. The van der Waals surface area contributed by atoms with Crippen LogP contribution in [0, 0.1) is 0 Å². The number of carbonyl (C=O) groups is 1. The topological polar surface area (TPSA) is 53.4 Å². The Balaban J connectivity index is 2.75. The van der Waals surface area contributed by atoms with Crippen LogP contribution in [0.2, 0.25) is 0 Å². The molecule has 1 aromatic heterocycles. The van der Waals surface area contributed by atoms with E-state index in [2.05, 4.69) is 18.1 Å². The molecule has 0 atom stereocenters. The third-order valence-corrected chi connectivity index (χ3v) is 2.80. The molecule has 0 bridgehead atoms. The van der Waals surface area contributed by atoms with E-state index in [1.165, 1.54) is 11.3 Å². The van der Waals surface area contributed by atoms with E-state index in [1.54, 1.807) is 17.7 Å². The lowest BCUT2D eigenvalue weighted by Gasteiger charge is -2.17. The molecule has 0 aliphatic carbocycles. The summed E-state index contributed by atoms with van der Waals surface area (Å²) in [5.41, 5.74) is 1.70. The van der Waals surface area contributed by atoms with Gasteiger partial charge in [0, 0.05) is 19.6 Å². The predicted octanol–water partition coefficient (Wildman–Crippen LogP) is 2.02. The molecule has 0 fully saturated rings. The van der Waals surface area contributed by atoms with E-state index in [1.807, 2.05) is 4.90 Å². The summed E-state index contributed by atoms with van der Waals surface area (Å²) in [6.07, 6.45) is 3.57. The van der Waals surface area contributed by atoms with Gasteiger partial charge in [-0.3, -0.25) is 4.90 Å². The molecule has 0 spiro atoms. The van der Waals surface area contributed by atoms with Gasteiger partial charge in [0.15, 0.2) is 5.69 Å². The average molecular weight is 238 g/mol. The van der Waals surface area contributed by atoms with Gasteiger partial charge in [-0.15, -0.1) is 24.5 Å². The molecule has 0 amide bonds. The Kier molecular flexibility index (Phi) is 4.88. The second kappa shape index (κ2) is 6.19. The summed E-state index contributed by atoms with van der Waals surface area (Å²) in [6, 6.07) is 0. The molecule has 0 saturated heterocycles. The lowest BCUT2D eigenvalue weighted by atomic mass is 10.3. The van der Waals surface area contributed by atoms with E-state index in [0.29, 0.717) is 19.6 Å². The number of hydrogen-bond acceptors (Lipinski definition) is 4. The number of aromatic carboxylic acids is 1. The maximum Gasteiger partial charge on any atom is 0.355 e. The molecule has 0 aliphatic rings. The van der Waals surface area contributed by atoms with E-state index in [4.69, 9.17) is 5.11 Å². The highest BCUT2D eigenvalue weighted by Crippen LogP contribution is 2.16. The first-order valence-corrected chi connectivity index (χ1v) is 5.66. The Bertz CT molecular complexity index is 377. The minimum atomic E-state index is -0.978. The number of hydrogen-bond donors (Lipinski definition) is 1. The van der Waals surface area contributed by atoms with Gasteiger partial charge in [0.25, 0.3) is 0 Å². The molecule has 0 aliphatic heterocycles. The third kappa shape index (κ3) is 3.29. The first kappa shape index (κ1) is 12.6. The van der Waals surface area contributed by atoms with Gasteiger partial charge in [0.2, 0.25) is 0 Å². The fourth-order valence-corrected chi connectivity index (χ4v) is 2.12. The summed E-state index contributed by atoms with van der Waals surface area (Å²) in [4.78, 5) is 17.5. The van der Waals surface area contributed by atoms with Crippen molar-refractivity contribution < 1.29 is 9.90 Å². The Morgan fingerprint density at radius 1 is 1.50 bits per heavy atom. The molecule has 4 nitrogen and oxygen atoms in total. The zero-order valence-electron chi connectivity index (χ0n) is 8.93. The minimum absolute atomic E-state index is 0.142. The van der Waals surface area contributed by atoms with Gasteiger partial charge in [0.1, 0.15) is 0 Å². The molecule has 0 unspecified atom stereocenters. The molecule has 1 N–H and O–H groups in total. The van der Waals surface area contributed by atoms with Crippen LogP contribution in [-0.4, -0.2) is 34.0 Å². The molecule has 1 aromatic rings.